The predicted octanol–water partition coefficient (Wildman–Crippen LogP) is 6.50. The number of carboxylic acids is 1. The van der Waals surface area contributed by atoms with Crippen LogP contribution in [0.2, 0.25) is 5.02 Å². The highest BCUT2D eigenvalue weighted by molar-refractivity contribution is 6.31. The first kappa shape index (κ1) is 24.5. The van der Waals surface area contributed by atoms with Gasteiger partial charge in [-0.1, -0.05) is 30.7 Å². The first-order valence-electron chi connectivity index (χ1n) is 11.5. The lowest BCUT2D eigenvalue weighted by Crippen LogP contribution is -2.29. The van der Waals surface area contributed by atoms with Crippen molar-refractivity contribution in [3.63, 3.8) is 0 Å². The molecule has 2 unspecified atom stereocenters. The summed E-state index contributed by atoms with van der Waals surface area (Å²) in [5, 5.41) is 11.9. The van der Waals surface area contributed by atoms with E-state index >= 15 is 0 Å². The summed E-state index contributed by atoms with van der Waals surface area (Å²) in [7, 11) is 0. The van der Waals surface area contributed by atoms with Gasteiger partial charge in [-0.2, -0.15) is 0 Å². The van der Waals surface area contributed by atoms with Crippen molar-refractivity contribution < 1.29 is 28.6 Å². The van der Waals surface area contributed by atoms with E-state index in [-0.39, 0.29) is 19.1 Å². The largest absolute Gasteiger partial charge is 0.494 e. The Hall–Kier alpha value is -3.58. The molecule has 0 radical (unpaired) electrons. The van der Waals surface area contributed by atoms with Gasteiger partial charge in [0.1, 0.15) is 11.3 Å². The molecule has 3 aromatic carbocycles. The van der Waals surface area contributed by atoms with Gasteiger partial charge in [0.15, 0.2) is 11.5 Å². The number of hydrogen-bond acceptors (Lipinski definition) is 6. The van der Waals surface area contributed by atoms with E-state index in [1.165, 1.54) is 0 Å². The van der Waals surface area contributed by atoms with Gasteiger partial charge in [0.05, 0.1) is 12.7 Å². The Morgan fingerprint density at radius 3 is 2.74 bits per heavy atom. The van der Waals surface area contributed by atoms with Gasteiger partial charge >= 0.3 is 11.9 Å². The fraction of sp³-hybridized carbons (Fsp3) is 0.296. The molecule has 0 saturated carbocycles. The molecule has 0 fully saturated rings. The minimum Gasteiger partial charge on any atom is -0.494 e. The zero-order valence-corrected chi connectivity index (χ0v) is 20.2. The van der Waals surface area contributed by atoms with E-state index in [2.05, 4.69) is 4.98 Å². The Balaban J connectivity index is 1.43. The molecule has 4 aromatic rings. The molecule has 1 aromatic heterocycles. The quantitative estimate of drug-likeness (QED) is 0.152. The second kappa shape index (κ2) is 10.8. The molecular weight excluding hydrogens is 470 g/mol. The third-order valence-corrected chi connectivity index (χ3v) is 6.05. The van der Waals surface area contributed by atoms with Crippen LogP contribution in [0.5, 0.6) is 5.75 Å². The molecule has 1 N–H and O–H groups in total. The van der Waals surface area contributed by atoms with Gasteiger partial charge < -0.3 is 19.0 Å². The second-order valence-electron chi connectivity index (χ2n) is 8.36. The normalized spacial score (nSPS) is 13.0. The van der Waals surface area contributed by atoms with Gasteiger partial charge in [0.25, 0.3) is 0 Å². The van der Waals surface area contributed by atoms with Crippen molar-refractivity contribution in [3.8, 4) is 17.2 Å². The fourth-order valence-corrected chi connectivity index (χ4v) is 3.90. The number of hydrogen-bond donors (Lipinski definition) is 1. The molecule has 35 heavy (non-hydrogen) atoms. The highest BCUT2D eigenvalue weighted by Gasteiger charge is 2.28. The summed E-state index contributed by atoms with van der Waals surface area (Å²) >= 11 is 6.06. The number of carboxylic acid groups (broad SMARTS) is 1. The first-order valence-corrected chi connectivity index (χ1v) is 11.9. The van der Waals surface area contributed by atoms with Gasteiger partial charge in [0, 0.05) is 10.6 Å². The van der Waals surface area contributed by atoms with Crippen molar-refractivity contribution in [2.75, 3.05) is 6.61 Å². The van der Waals surface area contributed by atoms with E-state index < -0.39 is 17.9 Å². The van der Waals surface area contributed by atoms with Crippen LogP contribution in [0.15, 0.2) is 59.0 Å². The van der Waals surface area contributed by atoms with Crippen LogP contribution in [0.25, 0.3) is 33.3 Å². The standard InChI is InChI=1S/C27H26ClNO6/c1-3-16(2)34-27(32)22(26(30)31)8-5-13-33-19-10-11-20-17(14-19)6-4-7-21(20)25-29-23-15-18(28)9-12-24(23)35-25/h4,6-7,9-12,14-16,22H,3,5,8,13H2,1-2H3,(H,30,31). The molecule has 0 spiro atoms. The number of rotatable bonds is 10. The minimum absolute atomic E-state index is 0.143. The maximum atomic E-state index is 12.1. The maximum absolute atomic E-state index is 12.1. The number of ether oxygens (including phenoxy) is 2. The lowest BCUT2D eigenvalue weighted by atomic mass is 10.0. The predicted molar refractivity (Wildman–Crippen MR) is 134 cm³/mol. The van der Waals surface area contributed by atoms with Gasteiger partial charge in [-0.15, -0.1) is 0 Å². The number of halogens is 1. The number of carbonyl (C=O) groups excluding carboxylic acids is 1. The van der Waals surface area contributed by atoms with Crippen molar-refractivity contribution in [3.05, 3.63) is 59.6 Å². The molecule has 7 nitrogen and oxygen atoms in total. The first-order chi connectivity index (χ1) is 16.9. The number of carbonyl (C=O) groups is 2. The zero-order chi connectivity index (χ0) is 24.9. The van der Waals surface area contributed by atoms with Crippen molar-refractivity contribution in [2.45, 2.75) is 39.2 Å². The number of aliphatic carboxylic acids is 1. The smallest absolute Gasteiger partial charge is 0.320 e. The van der Waals surface area contributed by atoms with E-state index in [1.54, 1.807) is 25.1 Å². The number of aromatic nitrogens is 1. The molecule has 0 aliphatic rings. The molecule has 0 amide bonds. The Kier molecular flexibility index (Phi) is 7.56. The third kappa shape index (κ3) is 5.74. The molecule has 0 aliphatic heterocycles. The van der Waals surface area contributed by atoms with E-state index in [1.807, 2.05) is 43.3 Å². The van der Waals surface area contributed by atoms with Gasteiger partial charge in [-0.3, -0.25) is 9.59 Å². The fourth-order valence-electron chi connectivity index (χ4n) is 3.74. The molecule has 2 atom stereocenters. The van der Waals surface area contributed by atoms with E-state index in [4.69, 9.17) is 25.5 Å². The molecule has 4 rings (SSSR count). The molecule has 0 aliphatic carbocycles. The number of esters is 1. The van der Waals surface area contributed by atoms with Gasteiger partial charge in [-0.05, 0) is 79.4 Å². The topological polar surface area (TPSA) is 98.9 Å². The lowest BCUT2D eigenvalue weighted by Gasteiger charge is -2.16. The molecule has 182 valence electrons. The van der Waals surface area contributed by atoms with Gasteiger partial charge in [0.2, 0.25) is 5.89 Å². The Morgan fingerprint density at radius 1 is 1.14 bits per heavy atom. The SMILES string of the molecule is CCC(C)OC(=O)C(CCCOc1ccc2c(-c3nc4cc(Cl)ccc4o3)cccc2c1)C(=O)O. The lowest BCUT2D eigenvalue weighted by molar-refractivity contribution is -0.162. The number of nitrogens with zero attached hydrogens (tertiary/aromatic N) is 1. The molecule has 8 heteroatoms. The third-order valence-electron chi connectivity index (χ3n) is 5.81. The van der Waals surface area contributed by atoms with Crippen LogP contribution < -0.4 is 4.74 Å². The summed E-state index contributed by atoms with van der Waals surface area (Å²) in [6, 6.07) is 16.8. The van der Waals surface area contributed by atoms with Crippen molar-refractivity contribution >= 4 is 45.4 Å². The summed E-state index contributed by atoms with van der Waals surface area (Å²) in [6.45, 7) is 3.89. The summed E-state index contributed by atoms with van der Waals surface area (Å²) in [4.78, 5) is 28.2. The van der Waals surface area contributed by atoms with Crippen LogP contribution in [0.3, 0.4) is 0 Å². The average Bonchev–Trinajstić information content (AvgIpc) is 3.25. The second-order valence-corrected chi connectivity index (χ2v) is 8.79. The molecule has 0 bridgehead atoms. The van der Waals surface area contributed by atoms with Crippen LogP contribution in [0, 0.1) is 5.92 Å². The van der Waals surface area contributed by atoms with E-state index in [9.17, 15) is 14.7 Å². The van der Waals surface area contributed by atoms with Crippen LogP contribution in [-0.2, 0) is 14.3 Å². The summed E-state index contributed by atoms with van der Waals surface area (Å²) in [5.74, 6) is -1.93. The van der Waals surface area contributed by atoms with Crippen LogP contribution in [-0.4, -0.2) is 34.7 Å². The van der Waals surface area contributed by atoms with Crippen molar-refractivity contribution in [2.24, 2.45) is 5.92 Å². The Morgan fingerprint density at radius 2 is 1.97 bits per heavy atom. The number of fused-ring (bicyclic) bond motifs is 2. The molecule has 1 heterocycles. The zero-order valence-electron chi connectivity index (χ0n) is 19.5. The number of benzene rings is 3. The van der Waals surface area contributed by atoms with E-state index in [0.29, 0.717) is 40.6 Å². The molecular formula is C27H26ClNO6. The summed E-state index contributed by atoms with van der Waals surface area (Å²) in [6.07, 6.45) is 0.863. The highest BCUT2D eigenvalue weighted by Crippen LogP contribution is 2.33. The number of oxazole rings is 1. The maximum Gasteiger partial charge on any atom is 0.320 e. The average molecular weight is 496 g/mol. The van der Waals surface area contributed by atoms with Crippen LogP contribution in [0.1, 0.15) is 33.1 Å². The van der Waals surface area contributed by atoms with Crippen molar-refractivity contribution in [1.29, 1.82) is 0 Å². The van der Waals surface area contributed by atoms with Crippen molar-refractivity contribution in [1.82, 2.24) is 4.98 Å². The minimum atomic E-state index is -1.20. The van der Waals surface area contributed by atoms with E-state index in [0.717, 1.165) is 16.3 Å². The van der Waals surface area contributed by atoms with Crippen LogP contribution >= 0.6 is 11.6 Å². The molecule has 0 saturated heterocycles. The van der Waals surface area contributed by atoms with Gasteiger partial charge in [-0.25, -0.2) is 4.98 Å². The Labute approximate surface area is 207 Å². The van der Waals surface area contributed by atoms with Crippen LogP contribution in [0.4, 0.5) is 0 Å². The Bertz CT molecular complexity index is 1360. The summed E-state index contributed by atoms with van der Waals surface area (Å²) in [5.41, 5.74) is 2.21. The monoisotopic (exact) mass is 495 g/mol. The highest BCUT2D eigenvalue weighted by atomic mass is 35.5. The summed E-state index contributed by atoms with van der Waals surface area (Å²) < 4.78 is 16.9.